The molecule has 2 saturated heterocycles. The highest BCUT2D eigenvalue weighted by atomic mass is 16.2. The van der Waals surface area contributed by atoms with Crippen molar-refractivity contribution in [3.63, 3.8) is 0 Å². The Morgan fingerprint density at radius 3 is 0.608 bits per heavy atom. The van der Waals surface area contributed by atoms with Crippen LogP contribution in [-0.4, -0.2) is 135 Å². The molecular formula is C84H124N6O12. The minimum Gasteiger partial charge on any atom is -0.286 e. The Bertz CT molecular complexity index is 3050. The lowest BCUT2D eigenvalue weighted by Gasteiger charge is -2.20. The molecule has 102 heavy (non-hydrogen) atoms. The molecule has 0 atom stereocenters. The third kappa shape index (κ3) is 37.9. The topological polar surface area (TPSA) is 224 Å². The number of hydrogen-bond acceptors (Lipinski definition) is 12. The van der Waals surface area contributed by atoms with Gasteiger partial charge in [0, 0.05) is 53.9 Å². The van der Waals surface area contributed by atoms with Gasteiger partial charge in [0.1, 0.15) is 6.67 Å². The first-order valence-corrected chi connectivity index (χ1v) is 33.5. The summed E-state index contributed by atoms with van der Waals surface area (Å²) in [5.41, 5.74) is 4.49. The molecule has 0 N–H and O–H groups in total. The van der Waals surface area contributed by atoms with Gasteiger partial charge in [0.15, 0.2) is 0 Å². The number of carbonyl (C=O) groups is 12. The fourth-order valence-corrected chi connectivity index (χ4v) is 7.53. The molecule has 12 amide bonds. The van der Waals surface area contributed by atoms with Crippen LogP contribution in [0.3, 0.4) is 0 Å². The highest BCUT2D eigenvalue weighted by Gasteiger charge is 2.42. The van der Waals surface area contributed by atoms with E-state index in [1.165, 1.54) is 38.0 Å². The minimum atomic E-state index is -0.498. The lowest BCUT2D eigenvalue weighted by molar-refractivity contribution is -0.138. The summed E-state index contributed by atoms with van der Waals surface area (Å²) in [6, 6.07) is 23.2. The molecule has 6 aliphatic rings. The Morgan fingerprint density at radius 2 is 0.441 bits per heavy atom. The molecular weight excluding hydrogens is 1280 g/mol. The van der Waals surface area contributed by atoms with Crippen LogP contribution >= 0.6 is 0 Å². The van der Waals surface area contributed by atoms with Crippen molar-refractivity contribution in [2.24, 2.45) is 0 Å². The molecule has 0 aromatic heterocycles. The zero-order chi connectivity index (χ0) is 80.6. The van der Waals surface area contributed by atoms with Gasteiger partial charge in [-0.05, 0) is 108 Å². The van der Waals surface area contributed by atoms with E-state index < -0.39 is 23.6 Å². The van der Waals surface area contributed by atoms with Gasteiger partial charge in [-0.15, -0.1) is 74.1 Å². The zero-order valence-corrected chi connectivity index (χ0v) is 65.4. The van der Waals surface area contributed by atoms with E-state index in [4.69, 9.17) is 0 Å². The number of amides is 12. The van der Waals surface area contributed by atoms with Gasteiger partial charge in [-0.25, -0.2) is 0 Å². The SMILES string of the molecule is C.C.C#CC.C#CC.C#CC.C#CC.C#CC.C#CC.CC.CC.CC.CC.CC.CC.CC.CC.CC.CN1C(=O)CCC1=O.CN1C(=O)CCC1=O.CN1C(=O)c2ccc(Cc3ccc4c(c3)C(=O)N(C)C4=O)cc2C1=O.O=C1c2ccccc2C(=O)N1CN1C(=O)c2ccccc2C1=O. The minimum absolute atomic E-state index is 0. The van der Waals surface area contributed by atoms with Gasteiger partial charge in [-0.2, -0.15) is 0 Å². The fourth-order valence-electron chi connectivity index (χ4n) is 7.53. The highest BCUT2D eigenvalue weighted by molar-refractivity contribution is 6.25. The molecule has 0 bridgehead atoms. The maximum absolute atomic E-state index is 12.3. The standard InChI is InChI=1S/C19H14N2O4.C17H10N2O4.2C5H7NO2.6C3H4.9C2H6.2CH4/c1-20-16(22)12-5-3-10(8-14(12)18(20)24)7-11-4-6-13-15(9-11)19(25)21(2)17(13)23;20-14-10-5-1-2-6-11(10)15(21)18(14)9-19-16(22)12-7-3-4-8-13(12)17(19)23;2*1-6-4(7)2-3-5(6)8;6*1-3-2;9*1-2;;/h3-6,8-9H,7H2,1-2H3;1-8H,9H2;2*2-3H2,1H3;6*1H,2H3;9*1-2H3;2*1H4. The van der Waals surface area contributed by atoms with Gasteiger partial charge in [-0.1, -0.05) is 176 Å². The van der Waals surface area contributed by atoms with Crippen LogP contribution in [-0.2, 0) is 25.6 Å². The molecule has 6 heterocycles. The fraction of sp³-hybridized carbons (Fsp3) is 0.429. The van der Waals surface area contributed by atoms with Crippen molar-refractivity contribution < 1.29 is 57.5 Å². The number of hydrogen-bond donors (Lipinski definition) is 0. The van der Waals surface area contributed by atoms with Crippen LogP contribution in [0.25, 0.3) is 0 Å². The van der Waals surface area contributed by atoms with E-state index in [1.807, 2.05) is 125 Å². The summed E-state index contributed by atoms with van der Waals surface area (Å²) in [7, 11) is 5.95. The molecule has 18 heteroatoms. The van der Waals surface area contributed by atoms with Crippen LogP contribution in [0.2, 0.25) is 0 Å². The monoisotopic (exact) mass is 1410 g/mol. The van der Waals surface area contributed by atoms with Crippen molar-refractivity contribution >= 4 is 70.9 Å². The number of carbonyl (C=O) groups excluding carboxylic acids is 12. The predicted octanol–water partition coefficient (Wildman–Crippen LogP) is 17.1. The van der Waals surface area contributed by atoms with Crippen molar-refractivity contribution in [3.8, 4) is 74.1 Å². The first-order chi connectivity index (χ1) is 47.9. The normalized spacial score (nSPS) is 11.7. The third-order valence-electron chi connectivity index (χ3n) is 11.4. The van der Waals surface area contributed by atoms with Gasteiger partial charge in [-0.3, -0.25) is 86.9 Å². The van der Waals surface area contributed by atoms with Crippen molar-refractivity contribution in [1.82, 2.24) is 29.4 Å². The number of likely N-dealkylation sites (tertiary alicyclic amines) is 2. The molecule has 0 spiro atoms. The lowest BCUT2D eigenvalue weighted by Crippen LogP contribution is -2.43. The summed E-state index contributed by atoms with van der Waals surface area (Å²) in [5.74, 6) is 10.1. The van der Waals surface area contributed by atoms with Gasteiger partial charge in [0.05, 0.1) is 44.5 Å². The summed E-state index contributed by atoms with van der Waals surface area (Å²) < 4.78 is 0. The van der Waals surface area contributed by atoms with E-state index in [0.29, 0.717) is 54.4 Å². The van der Waals surface area contributed by atoms with Crippen LogP contribution in [0.5, 0.6) is 0 Å². The Labute approximate surface area is 617 Å². The summed E-state index contributed by atoms with van der Waals surface area (Å²) in [4.78, 5) is 146. The molecule has 10 rings (SSSR count). The Balaban J connectivity index is -0.000000109. The lowest BCUT2D eigenvalue weighted by atomic mass is 9.98. The smallest absolute Gasteiger partial charge is 0.263 e. The quantitative estimate of drug-likeness (QED) is 0.137. The van der Waals surface area contributed by atoms with Crippen molar-refractivity contribution in [2.45, 2.75) is 213 Å². The van der Waals surface area contributed by atoms with Crippen LogP contribution < -0.4 is 0 Å². The van der Waals surface area contributed by atoms with Crippen LogP contribution in [0.15, 0.2) is 84.9 Å². The number of rotatable bonds is 4. The first kappa shape index (κ1) is 115. The largest absolute Gasteiger partial charge is 0.286 e. The average Bonchev–Trinajstić information content (AvgIpc) is 1.62. The Morgan fingerprint density at radius 1 is 0.275 bits per heavy atom. The molecule has 562 valence electrons. The maximum Gasteiger partial charge on any atom is 0.263 e. The molecule has 0 radical (unpaired) electrons. The number of terminal acetylenes is 6. The van der Waals surface area contributed by atoms with Gasteiger partial charge >= 0.3 is 0 Å². The summed E-state index contributed by atoms with van der Waals surface area (Å²) in [5, 5.41) is 0. The van der Waals surface area contributed by atoms with Crippen molar-refractivity contribution in [1.29, 1.82) is 0 Å². The van der Waals surface area contributed by atoms with Gasteiger partial charge < -0.3 is 0 Å². The molecule has 0 aliphatic carbocycles. The number of fused-ring (bicyclic) bond motifs is 4. The Hall–Kier alpha value is -10.9. The van der Waals surface area contributed by atoms with Gasteiger partial charge in [0.25, 0.3) is 47.3 Å². The van der Waals surface area contributed by atoms with E-state index in [-0.39, 0.29) is 91.0 Å². The Kier molecular flexibility index (Phi) is 82.3. The second-order valence-electron chi connectivity index (χ2n) is 17.0. The number of nitrogens with zero attached hydrogens (tertiary/aromatic N) is 6. The highest BCUT2D eigenvalue weighted by Crippen LogP contribution is 2.29. The first-order valence-electron chi connectivity index (χ1n) is 33.5. The second-order valence-corrected chi connectivity index (χ2v) is 17.0. The average molecular weight is 1410 g/mol. The van der Waals surface area contributed by atoms with E-state index in [1.54, 1.807) is 126 Å². The van der Waals surface area contributed by atoms with Gasteiger partial charge in [0.2, 0.25) is 23.6 Å². The molecule has 6 aliphatic heterocycles. The van der Waals surface area contributed by atoms with E-state index >= 15 is 0 Å². The molecule has 2 fully saturated rings. The summed E-state index contributed by atoms with van der Waals surface area (Å²) >= 11 is 0. The number of benzene rings is 4. The zero-order valence-electron chi connectivity index (χ0n) is 65.4. The van der Waals surface area contributed by atoms with Crippen LogP contribution in [0.1, 0.15) is 301 Å². The summed E-state index contributed by atoms with van der Waals surface area (Å²) in [6.07, 6.45) is 29.7. The van der Waals surface area contributed by atoms with Crippen LogP contribution in [0.4, 0.5) is 0 Å². The molecule has 0 saturated carbocycles. The maximum atomic E-state index is 12.3. The van der Waals surface area contributed by atoms with Crippen LogP contribution in [0, 0.1) is 74.1 Å². The van der Waals surface area contributed by atoms with E-state index in [0.717, 1.165) is 30.7 Å². The summed E-state index contributed by atoms with van der Waals surface area (Å²) in [6.45, 7) is 45.5. The molecule has 0 unspecified atom stereocenters. The van der Waals surface area contributed by atoms with E-state index in [2.05, 4.69) is 74.1 Å². The third-order valence-corrected chi connectivity index (χ3v) is 11.4. The van der Waals surface area contributed by atoms with E-state index in [9.17, 15) is 57.5 Å². The molecule has 4 aromatic rings. The second kappa shape index (κ2) is 72.8. The number of imide groups is 6. The van der Waals surface area contributed by atoms with Crippen molar-refractivity contribution in [2.75, 3.05) is 34.9 Å². The predicted molar refractivity (Wildman–Crippen MR) is 424 cm³/mol. The van der Waals surface area contributed by atoms with Crippen molar-refractivity contribution in [3.05, 3.63) is 141 Å². The molecule has 18 nitrogen and oxygen atoms in total. The molecule has 4 aromatic carbocycles.